The predicted octanol–water partition coefficient (Wildman–Crippen LogP) is 2.54. The normalized spacial score (nSPS) is 16.6. The van der Waals surface area contributed by atoms with Crippen LogP contribution < -0.4 is 0 Å². The van der Waals surface area contributed by atoms with Gasteiger partial charge in [0.25, 0.3) is 10.1 Å². The van der Waals surface area contributed by atoms with Crippen LogP contribution in [0.15, 0.2) is 0 Å². The van der Waals surface area contributed by atoms with Crippen LogP contribution in [-0.2, 0) is 14.3 Å². The van der Waals surface area contributed by atoms with Crippen LogP contribution in [0.1, 0.15) is 39.5 Å². The second-order valence-electron chi connectivity index (χ2n) is 3.43. The molecule has 0 rings (SSSR count). The van der Waals surface area contributed by atoms with Gasteiger partial charge in [0.05, 0.1) is 17.7 Å². The molecule has 0 fully saturated rings. The second-order valence-corrected chi connectivity index (χ2v) is 5.59. The van der Waals surface area contributed by atoms with E-state index in [0.29, 0.717) is 6.42 Å². The molecule has 0 spiro atoms. The lowest BCUT2D eigenvalue weighted by Crippen LogP contribution is -2.27. The number of rotatable bonds is 7. The fraction of sp³-hybridized carbons (Fsp3) is 1.00. The van der Waals surface area contributed by atoms with Gasteiger partial charge in [0.15, 0.2) is 0 Å². The van der Waals surface area contributed by atoms with E-state index in [2.05, 4.69) is 0 Å². The third-order valence-electron chi connectivity index (χ3n) is 1.84. The van der Waals surface area contributed by atoms with E-state index < -0.39 is 10.1 Å². The van der Waals surface area contributed by atoms with Gasteiger partial charge in [0, 0.05) is 0 Å². The van der Waals surface area contributed by atoms with Crippen molar-refractivity contribution in [3.05, 3.63) is 0 Å². The zero-order valence-corrected chi connectivity index (χ0v) is 10.6. The van der Waals surface area contributed by atoms with Crippen molar-refractivity contribution in [2.75, 3.05) is 6.26 Å². The van der Waals surface area contributed by atoms with Gasteiger partial charge in [-0.3, -0.25) is 4.18 Å². The van der Waals surface area contributed by atoms with Gasteiger partial charge in [-0.05, 0) is 12.8 Å². The molecule has 0 amide bonds. The average Bonchev–Trinajstić information content (AvgIpc) is 2.01. The van der Waals surface area contributed by atoms with Gasteiger partial charge in [-0.2, -0.15) is 8.42 Å². The predicted molar refractivity (Wildman–Crippen MR) is 59.2 cm³/mol. The molecule has 0 heterocycles. The first-order chi connectivity index (χ1) is 6.40. The van der Waals surface area contributed by atoms with E-state index in [4.69, 9.17) is 15.8 Å². The van der Waals surface area contributed by atoms with Crippen molar-refractivity contribution >= 4 is 21.7 Å². The Hall–Kier alpha value is 0.200. The number of hydrogen-bond acceptors (Lipinski definition) is 3. The SMILES string of the molecule is CCC[C@H](OS(C)(=O)=O)[C@@H](Cl)CCC. The van der Waals surface area contributed by atoms with E-state index in [1.807, 2.05) is 13.8 Å². The maximum atomic E-state index is 10.9. The van der Waals surface area contributed by atoms with Crippen molar-refractivity contribution in [1.29, 1.82) is 0 Å². The van der Waals surface area contributed by atoms with Gasteiger partial charge in [-0.1, -0.05) is 26.7 Å². The first kappa shape index (κ1) is 14.2. The molecule has 0 N–H and O–H groups in total. The molecule has 2 atom stereocenters. The van der Waals surface area contributed by atoms with Crippen LogP contribution in [0.2, 0.25) is 0 Å². The van der Waals surface area contributed by atoms with Gasteiger partial charge in [0.2, 0.25) is 0 Å². The van der Waals surface area contributed by atoms with E-state index >= 15 is 0 Å². The molecule has 0 bridgehead atoms. The minimum atomic E-state index is -3.39. The zero-order valence-electron chi connectivity index (χ0n) is 8.99. The van der Waals surface area contributed by atoms with Crippen LogP contribution in [0, 0.1) is 0 Å². The highest BCUT2D eigenvalue weighted by Gasteiger charge is 2.22. The highest BCUT2D eigenvalue weighted by Crippen LogP contribution is 2.19. The van der Waals surface area contributed by atoms with Gasteiger partial charge >= 0.3 is 0 Å². The molecule has 0 aromatic rings. The van der Waals surface area contributed by atoms with E-state index in [0.717, 1.165) is 25.5 Å². The molecule has 0 saturated heterocycles. The largest absolute Gasteiger partial charge is 0.265 e. The molecular weight excluding hydrogens is 224 g/mol. The molecule has 0 aliphatic heterocycles. The minimum Gasteiger partial charge on any atom is -0.265 e. The molecule has 86 valence electrons. The highest BCUT2D eigenvalue weighted by atomic mass is 35.5. The van der Waals surface area contributed by atoms with Gasteiger partial charge in [0.1, 0.15) is 0 Å². The topological polar surface area (TPSA) is 43.4 Å². The maximum absolute atomic E-state index is 10.9. The molecule has 0 unspecified atom stereocenters. The second kappa shape index (κ2) is 6.64. The summed E-state index contributed by atoms with van der Waals surface area (Å²) in [4.78, 5) is 0. The Morgan fingerprint density at radius 1 is 1.21 bits per heavy atom. The molecule has 0 aromatic carbocycles. The van der Waals surface area contributed by atoms with Crippen LogP contribution in [0.4, 0.5) is 0 Å². The third kappa shape index (κ3) is 6.62. The van der Waals surface area contributed by atoms with E-state index in [-0.39, 0.29) is 11.5 Å². The van der Waals surface area contributed by atoms with Crippen molar-refractivity contribution in [3.63, 3.8) is 0 Å². The molecule has 0 saturated carbocycles. The molecule has 14 heavy (non-hydrogen) atoms. The lowest BCUT2D eigenvalue weighted by molar-refractivity contribution is 0.190. The Morgan fingerprint density at radius 2 is 1.71 bits per heavy atom. The van der Waals surface area contributed by atoms with Crippen molar-refractivity contribution in [2.45, 2.75) is 51.0 Å². The van der Waals surface area contributed by atoms with Crippen LogP contribution >= 0.6 is 11.6 Å². The monoisotopic (exact) mass is 242 g/mol. The van der Waals surface area contributed by atoms with Crippen LogP contribution in [0.25, 0.3) is 0 Å². The molecule has 5 heteroatoms. The molecule has 0 aromatic heterocycles. The summed E-state index contributed by atoms with van der Waals surface area (Å²) in [5, 5.41) is -0.213. The molecule has 0 aliphatic carbocycles. The summed E-state index contributed by atoms with van der Waals surface area (Å²) in [5.41, 5.74) is 0. The first-order valence-corrected chi connectivity index (χ1v) is 7.18. The summed E-state index contributed by atoms with van der Waals surface area (Å²) < 4.78 is 26.8. The smallest absolute Gasteiger partial charge is 0.264 e. The maximum Gasteiger partial charge on any atom is 0.264 e. The molecule has 0 aliphatic rings. The van der Waals surface area contributed by atoms with E-state index in [1.54, 1.807) is 0 Å². The van der Waals surface area contributed by atoms with Crippen molar-refractivity contribution < 1.29 is 12.6 Å². The van der Waals surface area contributed by atoms with Crippen molar-refractivity contribution in [3.8, 4) is 0 Å². The van der Waals surface area contributed by atoms with Gasteiger partial charge in [-0.15, -0.1) is 11.6 Å². The first-order valence-electron chi connectivity index (χ1n) is 4.93. The average molecular weight is 243 g/mol. The van der Waals surface area contributed by atoms with Gasteiger partial charge in [-0.25, -0.2) is 0 Å². The Bertz CT molecular complexity index is 238. The summed E-state index contributed by atoms with van der Waals surface area (Å²) in [6, 6.07) is 0. The number of halogens is 1. The van der Waals surface area contributed by atoms with Crippen molar-refractivity contribution in [1.82, 2.24) is 0 Å². The fourth-order valence-electron chi connectivity index (χ4n) is 1.26. The Kier molecular flexibility index (Phi) is 6.74. The van der Waals surface area contributed by atoms with E-state index in [1.165, 1.54) is 0 Å². The van der Waals surface area contributed by atoms with Crippen molar-refractivity contribution in [2.24, 2.45) is 0 Å². The third-order valence-corrected chi connectivity index (χ3v) is 2.94. The standard InChI is InChI=1S/C9H19ClO3S/c1-4-6-8(10)9(7-5-2)13-14(3,11)12/h8-9H,4-7H2,1-3H3/t8-,9-/m0/s1. The summed E-state index contributed by atoms with van der Waals surface area (Å²) >= 11 is 6.04. The quantitative estimate of drug-likeness (QED) is 0.509. The van der Waals surface area contributed by atoms with E-state index in [9.17, 15) is 8.42 Å². The summed E-state index contributed by atoms with van der Waals surface area (Å²) in [6.07, 6.45) is 3.94. The molecular formula is C9H19ClO3S. The van der Waals surface area contributed by atoms with Gasteiger partial charge < -0.3 is 0 Å². The Labute approximate surface area is 91.9 Å². The summed E-state index contributed by atoms with van der Waals surface area (Å²) in [7, 11) is -3.39. The highest BCUT2D eigenvalue weighted by molar-refractivity contribution is 7.86. The zero-order chi connectivity index (χ0) is 11.2. The lowest BCUT2D eigenvalue weighted by atomic mass is 10.1. The van der Waals surface area contributed by atoms with Crippen LogP contribution in [0.3, 0.4) is 0 Å². The van der Waals surface area contributed by atoms with Crippen LogP contribution in [-0.4, -0.2) is 26.2 Å². The molecule has 0 radical (unpaired) electrons. The lowest BCUT2D eigenvalue weighted by Gasteiger charge is -2.20. The van der Waals surface area contributed by atoms with Crippen LogP contribution in [0.5, 0.6) is 0 Å². The number of alkyl halides is 1. The number of hydrogen-bond donors (Lipinski definition) is 0. The molecule has 3 nitrogen and oxygen atoms in total. The Balaban J connectivity index is 4.27. The summed E-state index contributed by atoms with van der Waals surface area (Å²) in [6.45, 7) is 3.99. The summed E-state index contributed by atoms with van der Waals surface area (Å²) in [5.74, 6) is 0. The Morgan fingerprint density at radius 3 is 2.07 bits per heavy atom. The fourth-order valence-corrected chi connectivity index (χ4v) is 2.40. The minimum absolute atomic E-state index is 0.213.